The second-order valence-corrected chi connectivity index (χ2v) is 9.79. The zero-order chi connectivity index (χ0) is 21.6. The maximum Gasteiger partial charge on any atom is 0.316 e. The van der Waals surface area contributed by atoms with Crippen molar-refractivity contribution in [3.8, 4) is 5.88 Å². The van der Waals surface area contributed by atoms with Crippen molar-refractivity contribution in [2.24, 2.45) is 16.3 Å². The molecule has 1 fully saturated rings. The SMILES string of the molecule is CC1CCc2c1cc1c(c2NC(N)=O)CCC1.NSc1cnn2c1OCC1(COC1)C2. The topological polar surface area (TPSA) is 117 Å². The number of nitrogens with one attached hydrogen (secondary N) is 1. The highest BCUT2D eigenvalue weighted by molar-refractivity contribution is 7.97. The van der Waals surface area contributed by atoms with Crippen LogP contribution in [0.15, 0.2) is 17.2 Å². The smallest absolute Gasteiger partial charge is 0.316 e. The molecule has 2 amide bonds. The van der Waals surface area contributed by atoms with Gasteiger partial charge in [-0.15, -0.1) is 0 Å². The predicted octanol–water partition coefficient (Wildman–Crippen LogP) is 2.97. The molecule has 1 aromatic carbocycles. The second kappa shape index (κ2) is 8.03. The number of aromatic nitrogens is 2. The van der Waals surface area contributed by atoms with E-state index in [2.05, 4.69) is 23.4 Å². The summed E-state index contributed by atoms with van der Waals surface area (Å²) in [7, 11) is 0. The normalized spacial score (nSPS) is 21.8. The van der Waals surface area contributed by atoms with Crippen molar-refractivity contribution in [2.45, 2.75) is 56.4 Å². The van der Waals surface area contributed by atoms with Crippen LogP contribution in [0.4, 0.5) is 10.5 Å². The van der Waals surface area contributed by atoms with Gasteiger partial charge >= 0.3 is 6.03 Å². The van der Waals surface area contributed by atoms with Crippen molar-refractivity contribution in [2.75, 3.05) is 25.1 Å². The first-order chi connectivity index (χ1) is 15.0. The number of hydrogen-bond donors (Lipinski definition) is 3. The van der Waals surface area contributed by atoms with Crippen LogP contribution in [0.3, 0.4) is 0 Å². The molecule has 31 heavy (non-hydrogen) atoms. The molecule has 0 saturated carbocycles. The zero-order valence-corrected chi connectivity index (χ0v) is 18.6. The first kappa shape index (κ1) is 20.7. The molecule has 166 valence electrons. The lowest BCUT2D eigenvalue weighted by atomic mass is 9.86. The maximum atomic E-state index is 11.2. The molecule has 8 nitrogen and oxygen atoms in total. The Morgan fingerprint density at radius 3 is 2.84 bits per heavy atom. The molecule has 2 aromatic rings. The number of aryl methyl sites for hydroxylation is 1. The minimum absolute atomic E-state index is 0.162. The summed E-state index contributed by atoms with van der Waals surface area (Å²) >= 11 is 1.18. The number of hydrogen-bond acceptors (Lipinski definition) is 6. The molecule has 2 aliphatic carbocycles. The molecule has 9 heteroatoms. The standard InChI is InChI=1S/C14H18N2O.C8H11N3O2S/c1-8-5-6-11-12(8)7-9-3-2-4-10(9)13(11)16-14(15)17;9-14-6-1-10-11-2-8(3-12-4-8)5-13-7(6)11/h7-8H,2-6H2,1H3,(H3,15,16,17);1H,2-5,9H2. The van der Waals surface area contributed by atoms with Crippen LogP contribution in [0.1, 0.15) is 47.9 Å². The fourth-order valence-corrected chi connectivity index (χ4v) is 5.53. The third-order valence-electron chi connectivity index (χ3n) is 6.85. The van der Waals surface area contributed by atoms with Crippen LogP contribution in [0.2, 0.25) is 0 Å². The van der Waals surface area contributed by atoms with Gasteiger partial charge in [0.1, 0.15) is 11.5 Å². The van der Waals surface area contributed by atoms with E-state index in [9.17, 15) is 4.79 Å². The van der Waals surface area contributed by atoms with E-state index in [4.69, 9.17) is 20.3 Å². The number of urea groups is 1. The Balaban J connectivity index is 0.000000134. The van der Waals surface area contributed by atoms with Gasteiger partial charge in [-0.1, -0.05) is 13.0 Å². The minimum atomic E-state index is -0.438. The van der Waals surface area contributed by atoms with Gasteiger partial charge in [0.15, 0.2) is 0 Å². The third kappa shape index (κ3) is 3.68. The molecule has 1 unspecified atom stereocenters. The van der Waals surface area contributed by atoms with Crippen LogP contribution in [0, 0.1) is 5.41 Å². The Labute approximate surface area is 186 Å². The lowest BCUT2D eigenvalue weighted by Crippen LogP contribution is -2.52. The molecule has 6 rings (SSSR count). The lowest BCUT2D eigenvalue weighted by molar-refractivity contribution is -0.154. The summed E-state index contributed by atoms with van der Waals surface area (Å²) in [6, 6.07) is 1.92. The van der Waals surface area contributed by atoms with Gasteiger partial charge in [-0.05, 0) is 72.2 Å². The highest BCUT2D eigenvalue weighted by Crippen LogP contribution is 2.43. The number of anilines is 1. The number of benzene rings is 1. The molecular formula is C22H29N5O3S. The zero-order valence-electron chi connectivity index (χ0n) is 17.8. The summed E-state index contributed by atoms with van der Waals surface area (Å²) < 4.78 is 12.8. The predicted molar refractivity (Wildman–Crippen MR) is 119 cm³/mol. The van der Waals surface area contributed by atoms with Crippen LogP contribution in [-0.4, -0.2) is 35.6 Å². The Bertz CT molecular complexity index is 1020. The largest absolute Gasteiger partial charge is 0.476 e. The monoisotopic (exact) mass is 443 g/mol. The number of nitrogens with zero attached hydrogens (tertiary/aromatic N) is 2. The van der Waals surface area contributed by atoms with E-state index in [1.807, 2.05) is 4.68 Å². The second-order valence-electron chi connectivity index (χ2n) is 9.11. The highest BCUT2D eigenvalue weighted by atomic mass is 32.2. The van der Waals surface area contributed by atoms with E-state index in [0.717, 1.165) is 55.5 Å². The van der Waals surface area contributed by atoms with Gasteiger partial charge < -0.3 is 20.5 Å². The Morgan fingerprint density at radius 1 is 1.29 bits per heavy atom. The number of ether oxygens (including phenoxy) is 2. The van der Waals surface area contributed by atoms with Crippen LogP contribution in [0.5, 0.6) is 5.88 Å². The van der Waals surface area contributed by atoms with Crippen molar-refractivity contribution < 1.29 is 14.3 Å². The van der Waals surface area contributed by atoms with Crippen molar-refractivity contribution >= 4 is 23.7 Å². The lowest BCUT2D eigenvalue weighted by Gasteiger charge is -2.43. The molecule has 1 saturated heterocycles. The molecule has 0 bridgehead atoms. The van der Waals surface area contributed by atoms with Crippen LogP contribution in [-0.2, 0) is 30.5 Å². The summed E-state index contributed by atoms with van der Waals surface area (Å²) in [5.41, 5.74) is 12.0. The van der Waals surface area contributed by atoms with Gasteiger partial charge in [0.25, 0.3) is 0 Å². The van der Waals surface area contributed by atoms with E-state index < -0.39 is 6.03 Å². The van der Waals surface area contributed by atoms with E-state index >= 15 is 0 Å². The molecule has 4 aliphatic rings. The van der Waals surface area contributed by atoms with E-state index in [0.29, 0.717) is 12.5 Å². The van der Waals surface area contributed by atoms with Crippen molar-refractivity contribution in [1.82, 2.24) is 9.78 Å². The number of carbonyl (C=O) groups is 1. The molecule has 0 radical (unpaired) electrons. The number of amides is 2. The molecule has 2 aliphatic heterocycles. The summed E-state index contributed by atoms with van der Waals surface area (Å²) in [6.45, 7) is 5.41. The summed E-state index contributed by atoms with van der Waals surface area (Å²) in [5, 5.41) is 12.6. The van der Waals surface area contributed by atoms with Gasteiger partial charge in [-0.3, -0.25) is 5.14 Å². The molecule has 1 atom stereocenters. The minimum Gasteiger partial charge on any atom is -0.476 e. The van der Waals surface area contributed by atoms with Gasteiger partial charge in [-0.25, -0.2) is 9.48 Å². The first-order valence-electron chi connectivity index (χ1n) is 10.9. The number of fused-ring (bicyclic) bond motifs is 3. The molecule has 1 spiro atoms. The summed E-state index contributed by atoms with van der Waals surface area (Å²) in [6.07, 6.45) is 7.42. The highest BCUT2D eigenvalue weighted by Gasteiger charge is 2.44. The van der Waals surface area contributed by atoms with Crippen LogP contribution in [0.25, 0.3) is 0 Å². The summed E-state index contributed by atoms with van der Waals surface area (Å²) in [5.74, 6) is 1.42. The Morgan fingerprint density at radius 2 is 2.13 bits per heavy atom. The molecule has 3 heterocycles. The van der Waals surface area contributed by atoms with Crippen molar-refractivity contribution in [1.29, 1.82) is 0 Å². The van der Waals surface area contributed by atoms with Crippen LogP contribution < -0.4 is 20.9 Å². The number of primary amides is 1. The Hall–Kier alpha value is -2.23. The molecular weight excluding hydrogens is 414 g/mol. The van der Waals surface area contributed by atoms with Crippen molar-refractivity contribution in [3.05, 3.63) is 34.5 Å². The molecule has 5 N–H and O–H groups in total. The van der Waals surface area contributed by atoms with E-state index in [1.54, 1.807) is 6.20 Å². The number of rotatable bonds is 2. The molecule has 1 aromatic heterocycles. The van der Waals surface area contributed by atoms with Gasteiger partial charge in [0.05, 0.1) is 31.4 Å². The number of nitrogens with two attached hydrogens (primary N) is 2. The van der Waals surface area contributed by atoms with Gasteiger partial charge in [0.2, 0.25) is 5.88 Å². The first-order valence-corrected chi connectivity index (χ1v) is 11.7. The van der Waals surface area contributed by atoms with Crippen molar-refractivity contribution in [3.63, 3.8) is 0 Å². The van der Waals surface area contributed by atoms with Crippen LogP contribution >= 0.6 is 11.9 Å². The average Bonchev–Trinajstić information content (AvgIpc) is 3.45. The van der Waals surface area contributed by atoms with E-state index in [1.165, 1.54) is 47.0 Å². The quantitative estimate of drug-likeness (QED) is 0.614. The fourth-order valence-electron chi connectivity index (χ4n) is 5.16. The van der Waals surface area contributed by atoms with E-state index in [-0.39, 0.29) is 5.41 Å². The van der Waals surface area contributed by atoms with Gasteiger partial charge in [0, 0.05) is 5.69 Å². The van der Waals surface area contributed by atoms with Gasteiger partial charge in [-0.2, -0.15) is 5.10 Å². The number of carbonyl (C=O) groups excluding carboxylic acids is 1. The maximum absolute atomic E-state index is 11.2. The average molecular weight is 444 g/mol. The fraction of sp³-hybridized carbons (Fsp3) is 0.545. The third-order valence-corrected chi connectivity index (χ3v) is 7.39. The summed E-state index contributed by atoms with van der Waals surface area (Å²) in [4.78, 5) is 12.1. The Kier molecular flexibility index (Phi) is 5.35.